The van der Waals surface area contributed by atoms with Crippen LogP contribution in [0.3, 0.4) is 0 Å². The van der Waals surface area contributed by atoms with E-state index >= 15 is 0 Å². The second kappa shape index (κ2) is 12.8. The summed E-state index contributed by atoms with van der Waals surface area (Å²) in [4.78, 5) is 43.4. The van der Waals surface area contributed by atoms with Crippen LogP contribution in [0.25, 0.3) is 6.08 Å². The van der Waals surface area contributed by atoms with Gasteiger partial charge in [-0.25, -0.2) is 4.98 Å². The van der Waals surface area contributed by atoms with Gasteiger partial charge in [-0.05, 0) is 55.8 Å². The highest BCUT2D eigenvalue weighted by Crippen LogP contribution is 2.23. The van der Waals surface area contributed by atoms with Gasteiger partial charge in [0, 0.05) is 21.5 Å². The fourth-order valence-corrected chi connectivity index (χ4v) is 4.91. The molecule has 9 heteroatoms. The number of thioether (sulfide) groups is 1. The second-order valence-corrected chi connectivity index (χ2v) is 10.3. The number of carbonyl (C=O) groups excluding carboxylic acids is 3. The van der Waals surface area contributed by atoms with Crippen LogP contribution in [0.4, 0.5) is 10.8 Å². The molecule has 0 aliphatic rings. The number of aromatic nitrogens is 1. The smallest absolute Gasteiger partial charge is 0.272 e. The zero-order valence-electron chi connectivity index (χ0n) is 20.9. The molecule has 4 rings (SSSR count). The van der Waals surface area contributed by atoms with Crippen LogP contribution < -0.4 is 16.0 Å². The van der Waals surface area contributed by atoms with E-state index in [1.807, 2.05) is 55.6 Å². The Balaban J connectivity index is 1.45. The van der Waals surface area contributed by atoms with E-state index in [0.29, 0.717) is 16.4 Å². The van der Waals surface area contributed by atoms with Crippen LogP contribution in [0.5, 0.6) is 0 Å². The average molecular weight is 543 g/mol. The molecule has 1 aromatic heterocycles. The van der Waals surface area contributed by atoms with Crippen molar-refractivity contribution < 1.29 is 14.4 Å². The van der Waals surface area contributed by atoms with Gasteiger partial charge in [-0.2, -0.15) is 0 Å². The van der Waals surface area contributed by atoms with Crippen molar-refractivity contribution >= 4 is 57.7 Å². The Morgan fingerprint density at radius 1 is 0.921 bits per heavy atom. The Morgan fingerprint density at radius 3 is 2.45 bits per heavy atom. The Bertz CT molecular complexity index is 1480. The molecule has 0 atom stereocenters. The van der Waals surface area contributed by atoms with Crippen molar-refractivity contribution in [3.63, 3.8) is 0 Å². The molecule has 3 N–H and O–H groups in total. The van der Waals surface area contributed by atoms with E-state index in [1.165, 1.54) is 23.1 Å². The molecule has 192 valence electrons. The van der Waals surface area contributed by atoms with Gasteiger partial charge in [0.2, 0.25) is 5.91 Å². The SMILES string of the molecule is Cc1cccc(/C=C(/NC(=O)c2ccccc2)C(=O)Nc2cccc(SCC(=O)Nc3nc(C)cs3)c2)c1. The fourth-order valence-electron chi connectivity index (χ4n) is 3.45. The molecule has 3 aromatic carbocycles. The van der Waals surface area contributed by atoms with Crippen LogP contribution in [0.15, 0.2) is 94.8 Å². The van der Waals surface area contributed by atoms with Gasteiger partial charge >= 0.3 is 0 Å². The van der Waals surface area contributed by atoms with Crippen molar-refractivity contribution in [3.8, 4) is 0 Å². The first kappa shape index (κ1) is 26.8. The number of nitrogens with zero attached hydrogens (tertiary/aromatic N) is 1. The van der Waals surface area contributed by atoms with E-state index in [1.54, 1.807) is 48.5 Å². The first-order chi connectivity index (χ1) is 18.4. The van der Waals surface area contributed by atoms with Crippen molar-refractivity contribution in [2.24, 2.45) is 0 Å². The van der Waals surface area contributed by atoms with E-state index < -0.39 is 5.91 Å². The summed E-state index contributed by atoms with van der Waals surface area (Å²) in [5.74, 6) is -0.812. The normalized spacial score (nSPS) is 11.1. The molecule has 0 aliphatic carbocycles. The third-order valence-corrected chi connectivity index (χ3v) is 7.08. The number of nitrogens with one attached hydrogen (secondary N) is 3. The lowest BCUT2D eigenvalue weighted by Crippen LogP contribution is -2.30. The Morgan fingerprint density at radius 2 is 1.71 bits per heavy atom. The highest BCUT2D eigenvalue weighted by Gasteiger charge is 2.15. The summed E-state index contributed by atoms with van der Waals surface area (Å²) < 4.78 is 0. The Kier molecular flexibility index (Phi) is 9.07. The molecule has 7 nitrogen and oxygen atoms in total. The third-order valence-electron chi connectivity index (χ3n) is 5.21. The van der Waals surface area contributed by atoms with Gasteiger partial charge in [0.1, 0.15) is 5.70 Å². The molecule has 4 aromatic rings. The number of rotatable bonds is 9. The molecule has 0 radical (unpaired) electrons. The molecule has 1 heterocycles. The van der Waals surface area contributed by atoms with E-state index in [2.05, 4.69) is 20.9 Å². The number of carbonyl (C=O) groups is 3. The molecule has 0 bridgehead atoms. The predicted octanol–water partition coefficient (Wildman–Crippen LogP) is 5.90. The molecule has 0 fully saturated rings. The predicted molar refractivity (Wildman–Crippen MR) is 154 cm³/mol. The van der Waals surface area contributed by atoms with E-state index in [9.17, 15) is 14.4 Å². The van der Waals surface area contributed by atoms with Crippen LogP contribution in [-0.2, 0) is 9.59 Å². The molecule has 0 spiro atoms. The van der Waals surface area contributed by atoms with Gasteiger partial charge in [-0.1, -0.05) is 54.1 Å². The summed E-state index contributed by atoms with van der Waals surface area (Å²) in [5, 5.41) is 10.8. The Hall–Kier alpha value is -4.21. The molecule has 38 heavy (non-hydrogen) atoms. The maximum absolute atomic E-state index is 13.3. The Labute approximate surface area is 229 Å². The van der Waals surface area contributed by atoms with Gasteiger partial charge in [-0.3, -0.25) is 14.4 Å². The first-order valence-electron chi connectivity index (χ1n) is 11.8. The maximum Gasteiger partial charge on any atom is 0.272 e. The lowest BCUT2D eigenvalue weighted by molar-refractivity contribution is -0.114. The summed E-state index contributed by atoms with van der Waals surface area (Å²) in [5.41, 5.74) is 3.78. The van der Waals surface area contributed by atoms with Gasteiger partial charge in [0.15, 0.2) is 5.13 Å². The summed E-state index contributed by atoms with van der Waals surface area (Å²) in [6.45, 7) is 3.83. The first-order valence-corrected chi connectivity index (χ1v) is 13.6. The molecule has 0 saturated heterocycles. The monoisotopic (exact) mass is 542 g/mol. The highest BCUT2D eigenvalue weighted by atomic mass is 32.2. The van der Waals surface area contributed by atoms with Crippen molar-refractivity contribution in [3.05, 3.63) is 112 Å². The van der Waals surface area contributed by atoms with Gasteiger partial charge in [0.05, 0.1) is 11.4 Å². The number of benzene rings is 3. The quantitative estimate of drug-likeness (QED) is 0.181. The van der Waals surface area contributed by atoms with Crippen molar-refractivity contribution in [1.82, 2.24) is 10.3 Å². The van der Waals surface area contributed by atoms with E-state index in [0.717, 1.165) is 21.7 Å². The molecule has 0 unspecified atom stereocenters. The zero-order valence-corrected chi connectivity index (χ0v) is 22.5. The highest BCUT2D eigenvalue weighted by molar-refractivity contribution is 8.00. The lowest BCUT2D eigenvalue weighted by atomic mass is 10.1. The molecular formula is C29H26N4O3S2. The van der Waals surface area contributed by atoms with Crippen molar-refractivity contribution in [1.29, 1.82) is 0 Å². The lowest BCUT2D eigenvalue weighted by Gasteiger charge is -2.12. The minimum atomic E-state index is -0.463. The summed E-state index contributed by atoms with van der Waals surface area (Å²) >= 11 is 2.73. The average Bonchev–Trinajstić information content (AvgIpc) is 3.32. The van der Waals surface area contributed by atoms with E-state index in [4.69, 9.17) is 0 Å². The zero-order chi connectivity index (χ0) is 26.9. The third kappa shape index (κ3) is 7.89. The summed E-state index contributed by atoms with van der Waals surface area (Å²) in [7, 11) is 0. The van der Waals surface area contributed by atoms with Crippen molar-refractivity contribution in [2.75, 3.05) is 16.4 Å². The molecule has 3 amide bonds. The number of hydrogen-bond donors (Lipinski definition) is 3. The van der Waals surface area contributed by atoms with E-state index in [-0.39, 0.29) is 23.3 Å². The van der Waals surface area contributed by atoms with Crippen LogP contribution in [0, 0.1) is 13.8 Å². The number of amides is 3. The van der Waals surface area contributed by atoms with Crippen molar-refractivity contribution in [2.45, 2.75) is 18.7 Å². The number of hydrogen-bond acceptors (Lipinski definition) is 6. The number of anilines is 2. The molecule has 0 aliphatic heterocycles. The van der Waals surface area contributed by atoms with Gasteiger partial charge in [-0.15, -0.1) is 23.1 Å². The largest absolute Gasteiger partial charge is 0.321 e. The topological polar surface area (TPSA) is 100 Å². The van der Waals surface area contributed by atoms with Gasteiger partial charge < -0.3 is 16.0 Å². The molecule has 0 saturated carbocycles. The summed E-state index contributed by atoms with van der Waals surface area (Å²) in [6, 6.07) is 23.6. The minimum absolute atomic E-state index is 0.112. The maximum atomic E-state index is 13.3. The van der Waals surface area contributed by atoms with Crippen LogP contribution >= 0.6 is 23.1 Å². The van der Waals surface area contributed by atoms with Crippen LogP contribution in [-0.4, -0.2) is 28.5 Å². The summed E-state index contributed by atoms with van der Waals surface area (Å²) in [6.07, 6.45) is 1.65. The number of thiazole rings is 1. The minimum Gasteiger partial charge on any atom is -0.321 e. The molecular weight excluding hydrogens is 516 g/mol. The van der Waals surface area contributed by atoms with Gasteiger partial charge in [0.25, 0.3) is 11.8 Å². The second-order valence-electron chi connectivity index (χ2n) is 8.41. The standard InChI is InChI=1S/C29H26N4O3S2/c1-19-8-6-9-21(14-19)15-25(32-27(35)22-10-4-3-5-11-22)28(36)31-23-12-7-13-24(16-23)37-18-26(34)33-29-30-20(2)17-38-29/h3-17H,18H2,1-2H3,(H,31,36)(H,32,35)(H,30,33,34)/b25-15+. The number of aryl methyl sites for hydroxylation is 2. The van der Waals surface area contributed by atoms with Crippen LogP contribution in [0.1, 0.15) is 27.2 Å². The fraction of sp³-hybridized carbons (Fsp3) is 0.103. The van der Waals surface area contributed by atoms with Crippen LogP contribution in [0.2, 0.25) is 0 Å².